The maximum atomic E-state index is 11.7. The lowest BCUT2D eigenvalue weighted by atomic mass is 9.79. The van der Waals surface area contributed by atoms with Gasteiger partial charge in [-0.25, -0.2) is 0 Å². The third kappa shape index (κ3) is 1.46. The Labute approximate surface area is 79.3 Å². The smallest absolute Gasteiger partial charge is 0.239 e. The summed E-state index contributed by atoms with van der Waals surface area (Å²) in [5.74, 6) is 0.872. The first-order chi connectivity index (χ1) is 6.20. The number of likely N-dealkylation sites (tertiary alicyclic amines) is 1. The van der Waals surface area contributed by atoms with E-state index in [4.69, 9.17) is 5.73 Å². The number of carbonyl (C=O) groups is 1. The van der Waals surface area contributed by atoms with Crippen molar-refractivity contribution in [1.29, 1.82) is 0 Å². The second-order valence-electron chi connectivity index (χ2n) is 4.40. The third-order valence-electron chi connectivity index (χ3n) is 3.49. The zero-order chi connectivity index (χ0) is 9.42. The molecule has 2 rings (SSSR count). The van der Waals surface area contributed by atoms with Gasteiger partial charge in [0.2, 0.25) is 5.91 Å². The summed E-state index contributed by atoms with van der Waals surface area (Å²) < 4.78 is 0. The Bertz CT molecular complexity index is 217. The molecule has 0 radical (unpaired) electrons. The van der Waals surface area contributed by atoms with Crippen LogP contribution < -0.4 is 5.73 Å². The average molecular weight is 182 g/mol. The highest BCUT2D eigenvalue weighted by molar-refractivity contribution is 5.82. The molecule has 3 unspecified atom stereocenters. The fourth-order valence-corrected chi connectivity index (χ4v) is 2.37. The highest BCUT2D eigenvalue weighted by Crippen LogP contribution is 2.33. The van der Waals surface area contributed by atoms with Crippen LogP contribution in [0.2, 0.25) is 0 Å². The molecule has 2 aliphatic rings. The molecule has 0 aromatic rings. The minimum atomic E-state index is -0.221. The van der Waals surface area contributed by atoms with Crippen LogP contribution in [0, 0.1) is 5.92 Å². The van der Waals surface area contributed by atoms with Crippen molar-refractivity contribution in [2.75, 3.05) is 6.54 Å². The molecule has 0 bridgehead atoms. The lowest BCUT2D eigenvalue weighted by Crippen LogP contribution is -2.56. The molecule has 1 saturated heterocycles. The van der Waals surface area contributed by atoms with Crippen LogP contribution >= 0.6 is 0 Å². The Kier molecular flexibility index (Phi) is 2.28. The van der Waals surface area contributed by atoms with E-state index in [0.29, 0.717) is 12.0 Å². The monoisotopic (exact) mass is 182 g/mol. The number of hydrogen-bond acceptors (Lipinski definition) is 2. The van der Waals surface area contributed by atoms with Crippen molar-refractivity contribution in [3.63, 3.8) is 0 Å². The molecule has 0 aromatic heterocycles. The number of hydrogen-bond donors (Lipinski definition) is 1. The van der Waals surface area contributed by atoms with Crippen LogP contribution in [-0.4, -0.2) is 29.4 Å². The van der Waals surface area contributed by atoms with Crippen LogP contribution in [0.5, 0.6) is 0 Å². The number of nitrogens with zero attached hydrogens (tertiary/aromatic N) is 1. The lowest BCUT2D eigenvalue weighted by Gasteiger charge is -2.45. The predicted molar refractivity (Wildman–Crippen MR) is 51.1 cm³/mol. The molecule has 1 aliphatic heterocycles. The molecule has 1 saturated carbocycles. The summed E-state index contributed by atoms with van der Waals surface area (Å²) in [5, 5.41) is 0. The molecule has 2 fully saturated rings. The van der Waals surface area contributed by atoms with E-state index in [0.717, 1.165) is 19.4 Å². The van der Waals surface area contributed by atoms with E-state index in [-0.39, 0.29) is 11.9 Å². The van der Waals surface area contributed by atoms with Crippen molar-refractivity contribution < 1.29 is 4.79 Å². The second-order valence-corrected chi connectivity index (χ2v) is 4.40. The zero-order valence-electron chi connectivity index (χ0n) is 8.20. The Morgan fingerprint density at radius 3 is 2.69 bits per heavy atom. The maximum Gasteiger partial charge on any atom is 0.239 e. The van der Waals surface area contributed by atoms with E-state index in [1.54, 1.807) is 0 Å². The number of rotatable bonds is 1. The SMILES string of the molecule is CC1CCC1N1CCCC(N)C1=O. The Hall–Kier alpha value is -0.570. The lowest BCUT2D eigenvalue weighted by molar-refractivity contribution is -0.141. The van der Waals surface area contributed by atoms with Crippen LogP contribution in [0.4, 0.5) is 0 Å². The summed E-state index contributed by atoms with van der Waals surface area (Å²) >= 11 is 0. The summed E-state index contributed by atoms with van der Waals surface area (Å²) in [7, 11) is 0. The highest BCUT2D eigenvalue weighted by Gasteiger charge is 2.38. The van der Waals surface area contributed by atoms with Gasteiger partial charge in [-0.05, 0) is 31.6 Å². The van der Waals surface area contributed by atoms with Gasteiger partial charge in [0, 0.05) is 12.6 Å². The molecule has 3 heteroatoms. The van der Waals surface area contributed by atoms with Crippen LogP contribution in [0.25, 0.3) is 0 Å². The van der Waals surface area contributed by atoms with Crippen LogP contribution in [-0.2, 0) is 4.79 Å². The van der Waals surface area contributed by atoms with Crippen molar-refractivity contribution in [1.82, 2.24) is 4.90 Å². The fraction of sp³-hybridized carbons (Fsp3) is 0.900. The van der Waals surface area contributed by atoms with E-state index in [2.05, 4.69) is 6.92 Å². The van der Waals surface area contributed by atoms with Crippen molar-refractivity contribution >= 4 is 5.91 Å². The van der Waals surface area contributed by atoms with E-state index in [1.165, 1.54) is 12.8 Å². The van der Waals surface area contributed by atoms with Gasteiger partial charge in [0.25, 0.3) is 0 Å². The topological polar surface area (TPSA) is 46.3 Å². The van der Waals surface area contributed by atoms with Gasteiger partial charge < -0.3 is 10.6 Å². The molecule has 13 heavy (non-hydrogen) atoms. The number of amides is 1. The molecule has 3 nitrogen and oxygen atoms in total. The molecule has 74 valence electrons. The van der Waals surface area contributed by atoms with E-state index < -0.39 is 0 Å². The van der Waals surface area contributed by atoms with Gasteiger partial charge in [-0.2, -0.15) is 0 Å². The summed E-state index contributed by atoms with van der Waals surface area (Å²) in [6.07, 6.45) is 4.40. The summed E-state index contributed by atoms with van der Waals surface area (Å²) in [6, 6.07) is 0.278. The largest absolute Gasteiger partial charge is 0.338 e. The summed E-state index contributed by atoms with van der Waals surface area (Å²) in [4.78, 5) is 13.7. The van der Waals surface area contributed by atoms with Gasteiger partial charge in [0.1, 0.15) is 0 Å². The summed E-state index contributed by atoms with van der Waals surface area (Å²) in [6.45, 7) is 3.16. The zero-order valence-corrected chi connectivity index (χ0v) is 8.20. The molecule has 1 amide bonds. The predicted octanol–water partition coefficient (Wildman–Crippen LogP) is 0.735. The highest BCUT2D eigenvalue weighted by atomic mass is 16.2. The van der Waals surface area contributed by atoms with Crippen molar-refractivity contribution in [2.45, 2.75) is 44.7 Å². The number of piperidine rings is 1. The molecule has 3 atom stereocenters. The van der Waals surface area contributed by atoms with E-state index >= 15 is 0 Å². The Balaban J connectivity index is 2.01. The second kappa shape index (κ2) is 3.29. The number of carbonyl (C=O) groups excluding carboxylic acids is 1. The Morgan fingerprint density at radius 2 is 2.15 bits per heavy atom. The standard InChI is InChI=1S/C10H18N2O/c1-7-4-5-9(7)12-6-2-3-8(11)10(12)13/h7-9H,2-6,11H2,1H3. The van der Waals surface area contributed by atoms with Crippen molar-refractivity contribution in [2.24, 2.45) is 11.7 Å². The minimum Gasteiger partial charge on any atom is -0.338 e. The maximum absolute atomic E-state index is 11.7. The average Bonchev–Trinajstić information content (AvgIpc) is 2.10. The molecule has 1 aliphatic carbocycles. The van der Waals surface area contributed by atoms with E-state index in [9.17, 15) is 4.79 Å². The van der Waals surface area contributed by atoms with Gasteiger partial charge in [-0.1, -0.05) is 6.92 Å². The molecular weight excluding hydrogens is 164 g/mol. The molecular formula is C10H18N2O. The van der Waals surface area contributed by atoms with Gasteiger partial charge in [-0.15, -0.1) is 0 Å². The first kappa shape index (κ1) is 9.00. The minimum absolute atomic E-state index is 0.183. The third-order valence-corrected chi connectivity index (χ3v) is 3.49. The first-order valence-electron chi connectivity index (χ1n) is 5.26. The molecule has 0 spiro atoms. The van der Waals surface area contributed by atoms with Crippen molar-refractivity contribution in [3.05, 3.63) is 0 Å². The van der Waals surface area contributed by atoms with Crippen LogP contribution in [0.3, 0.4) is 0 Å². The molecule has 1 heterocycles. The van der Waals surface area contributed by atoms with Crippen LogP contribution in [0.15, 0.2) is 0 Å². The fourth-order valence-electron chi connectivity index (χ4n) is 2.37. The van der Waals surface area contributed by atoms with Crippen molar-refractivity contribution in [3.8, 4) is 0 Å². The Morgan fingerprint density at radius 1 is 1.38 bits per heavy atom. The first-order valence-corrected chi connectivity index (χ1v) is 5.26. The van der Waals surface area contributed by atoms with Gasteiger partial charge >= 0.3 is 0 Å². The normalized spacial score (nSPS) is 40.3. The van der Waals surface area contributed by atoms with Crippen LogP contribution in [0.1, 0.15) is 32.6 Å². The molecule has 0 aromatic carbocycles. The summed E-state index contributed by atoms with van der Waals surface area (Å²) in [5.41, 5.74) is 5.74. The van der Waals surface area contributed by atoms with Gasteiger partial charge in [-0.3, -0.25) is 4.79 Å². The van der Waals surface area contributed by atoms with E-state index in [1.807, 2.05) is 4.90 Å². The molecule has 2 N–H and O–H groups in total. The quantitative estimate of drug-likeness (QED) is 0.650. The van der Waals surface area contributed by atoms with Gasteiger partial charge in [0.05, 0.1) is 6.04 Å². The number of nitrogens with two attached hydrogens (primary N) is 1. The van der Waals surface area contributed by atoms with Gasteiger partial charge in [0.15, 0.2) is 0 Å².